The maximum atomic E-state index is 5.54. The molecule has 21 heavy (non-hydrogen) atoms. The molecule has 0 radical (unpaired) electrons. The molecule has 0 saturated carbocycles. The van der Waals surface area contributed by atoms with Gasteiger partial charge in [-0.05, 0) is 12.1 Å². The first-order valence-corrected chi connectivity index (χ1v) is 7.44. The predicted octanol–water partition coefficient (Wildman–Crippen LogP) is 1.80. The van der Waals surface area contributed by atoms with Crippen molar-refractivity contribution in [2.75, 3.05) is 31.1 Å². The Morgan fingerprint density at radius 2 is 1.95 bits per heavy atom. The van der Waals surface area contributed by atoms with Crippen molar-refractivity contribution in [3.05, 3.63) is 48.2 Å². The number of anilines is 1. The molecule has 0 spiro atoms. The molecule has 0 bridgehead atoms. The molecule has 5 nitrogen and oxygen atoms in total. The Balaban J connectivity index is 1.44. The van der Waals surface area contributed by atoms with Gasteiger partial charge >= 0.3 is 0 Å². The summed E-state index contributed by atoms with van der Waals surface area (Å²) in [6, 6.07) is 6.05. The number of oxime groups is 1. The van der Waals surface area contributed by atoms with Gasteiger partial charge in [0.25, 0.3) is 0 Å². The van der Waals surface area contributed by atoms with E-state index in [9.17, 15) is 0 Å². The quantitative estimate of drug-likeness (QED) is 0.787. The molecular weight excluding hydrogens is 264 g/mol. The molecule has 0 aromatic carbocycles. The van der Waals surface area contributed by atoms with Crippen LogP contribution in [0.25, 0.3) is 0 Å². The average molecular weight is 282 g/mol. The average Bonchev–Trinajstić information content (AvgIpc) is 3.00. The number of fused-ring (bicyclic) bond motifs is 1. The lowest BCUT2D eigenvalue weighted by molar-refractivity contribution is 0.105. The molecule has 1 atom stereocenters. The molecule has 0 N–H and O–H groups in total. The monoisotopic (exact) mass is 282 g/mol. The Morgan fingerprint density at radius 1 is 1.10 bits per heavy atom. The Labute approximate surface area is 124 Å². The number of hydrogen-bond donors (Lipinski definition) is 0. The van der Waals surface area contributed by atoms with Crippen LogP contribution >= 0.6 is 0 Å². The number of nitrogens with zero attached hydrogens (tertiary/aromatic N) is 4. The topological polar surface area (TPSA) is 41.0 Å². The van der Waals surface area contributed by atoms with E-state index in [2.05, 4.69) is 44.2 Å². The van der Waals surface area contributed by atoms with Crippen LogP contribution in [0, 0.1) is 0 Å². The number of pyridine rings is 1. The van der Waals surface area contributed by atoms with Crippen LogP contribution in [0.4, 0.5) is 5.82 Å². The zero-order valence-corrected chi connectivity index (χ0v) is 11.9. The van der Waals surface area contributed by atoms with Crippen molar-refractivity contribution in [1.82, 2.24) is 9.88 Å². The van der Waals surface area contributed by atoms with Crippen molar-refractivity contribution in [3.63, 3.8) is 0 Å². The van der Waals surface area contributed by atoms with E-state index < -0.39 is 0 Å². The number of rotatable bonds is 1. The van der Waals surface area contributed by atoms with Gasteiger partial charge in [-0.1, -0.05) is 29.5 Å². The highest BCUT2D eigenvalue weighted by molar-refractivity contribution is 6.00. The summed E-state index contributed by atoms with van der Waals surface area (Å²) in [5.74, 6) is 2.07. The summed E-state index contributed by atoms with van der Waals surface area (Å²) in [4.78, 5) is 14.6. The van der Waals surface area contributed by atoms with Crippen LogP contribution in [0.15, 0.2) is 53.4 Å². The molecule has 2 aliphatic heterocycles. The fourth-order valence-electron chi connectivity index (χ4n) is 3.02. The van der Waals surface area contributed by atoms with Gasteiger partial charge in [-0.3, -0.25) is 0 Å². The second-order valence-corrected chi connectivity index (χ2v) is 5.46. The minimum Gasteiger partial charge on any atom is -0.385 e. The lowest BCUT2D eigenvalue weighted by atomic mass is 10.0. The Morgan fingerprint density at radius 3 is 2.76 bits per heavy atom. The largest absolute Gasteiger partial charge is 0.385 e. The van der Waals surface area contributed by atoms with Crippen LogP contribution in [0.5, 0.6) is 0 Å². The van der Waals surface area contributed by atoms with Crippen molar-refractivity contribution in [2.24, 2.45) is 5.16 Å². The minimum absolute atomic E-state index is 0.124. The van der Waals surface area contributed by atoms with Crippen LogP contribution in [-0.2, 0) is 4.84 Å². The first-order chi connectivity index (χ1) is 10.4. The first kappa shape index (κ1) is 12.4. The van der Waals surface area contributed by atoms with Gasteiger partial charge in [0, 0.05) is 44.4 Å². The van der Waals surface area contributed by atoms with E-state index in [1.54, 1.807) is 0 Å². The van der Waals surface area contributed by atoms with E-state index >= 15 is 0 Å². The third kappa shape index (κ3) is 2.28. The van der Waals surface area contributed by atoms with Crippen LogP contribution in [-0.4, -0.2) is 48.0 Å². The molecule has 3 heterocycles. The van der Waals surface area contributed by atoms with E-state index in [4.69, 9.17) is 4.84 Å². The van der Waals surface area contributed by atoms with Gasteiger partial charge in [0.15, 0.2) is 11.9 Å². The van der Waals surface area contributed by atoms with Crippen molar-refractivity contribution in [2.45, 2.75) is 12.5 Å². The number of hydrogen-bond acceptors (Lipinski definition) is 5. The van der Waals surface area contributed by atoms with Gasteiger partial charge in [0.2, 0.25) is 0 Å². The van der Waals surface area contributed by atoms with Gasteiger partial charge in [-0.2, -0.15) is 0 Å². The first-order valence-electron chi connectivity index (χ1n) is 7.44. The third-order valence-corrected chi connectivity index (χ3v) is 4.19. The maximum absolute atomic E-state index is 5.54. The summed E-state index contributed by atoms with van der Waals surface area (Å²) >= 11 is 0. The minimum atomic E-state index is 0.124. The lowest BCUT2D eigenvalue weighted by Crippen LogP contribution is -2.49. The second-order valence-electron chi connectivity index (χ2n) is 5.46. The zero-order valence-electron chi connectivity index (χ0n) is 11.9. The van der Waals surface area contributed by atoms with Crippen LogP contribution in [0.2, 0.25) is 0 Å². The number of allylic oxidation sites excluding steroid dienone is 2. The summed E-state index contributed by atoms with van der Waals surface area (Å²) in [6.45, 7) is 3.83. The predicted molar refractivity (Wildman–Crippen MR) is 82.2 cm³/mol. The fraction of sp³-hybridized carbons (Fsp3) is 0.375. The fourth-order valence-corrected chi connectivity index (χ4v) is 3.02. The SMILES string of the molecule is C1=CCC2ON=C(N3CCN(c4ccccn4)CC3)C2=C1. The highest BCUT2D eigenvalue weighted by Gasteiger charge is 2.32. The lowest BCUT2D eigenvalue weighted by Gasteiger charge is -2.36. The normalized spacial score (nSPS) is 24.3. The van der Waals surface area contributed by atoms with Crippen molar-refractivity contribution >= 4 is 11.7 Å². The van der Waals surface area contributed by atoms with Crippen molar-refractivity contribution < 1.29 is 4.84 Å². The summed E-state index contributed by atoms with van der Waals surface area (Å²) in [5, 5.41) is 4.30. The third-order valence-electron chi connectivity index (χ3n) is 4.19. The van der Waals surface area contributed by atoms with Gasteiger partial charge in [0.1, 0.15) is 5.82 Å². The maximum Gasteiger partial charge on any atom is 0.175 e. The Bertz CT molecular complexity index is 600. The van der Waals surface area contributed by atoms with Crippen LogP contribution in [0.3, 0.4) is 0 Å². The summed E-state index contributed by atoms with van der Waals surface area (Å²) < 4.78 is 0. The van der Waals surface area contributed by atoms with E-state index in [1.807, 2.05) is 18.3 Å². The Kier molecular flexibility index (Phi) is 3.10. The molecule has 5 heteroatoms. The number of aromatic nitrogens is 1. The van der Waals surface area contributed by atoms with Crippen molar-refractivity contribution in [1.29, 1.82) is 0 Å². The molecular formula is C16H18N4O. The molecule has 1 fully saturated rings. The molecule has 0 amide bonds. The molecule has 4 rings (SSSR count). The van der Waals surface area contributed by atoms with E-state index in [0.29, 0.717) is 0 Å². The highest BCUT2D eigenvalue weighted by Crippen LogP contribution is 2.26. The van der Waals surface area contributed by atoms with Gasteiger partial charge in [-0.15, -0.1) is 0 Å². The number of amidine groups is 1. The summed E-state index contributed by atoms with van der Waals surface area (Å²) in [5.41, 5.74) is 1.23. The van der Waals surface area contributed by atoms with Gasteiger partial charge in [0.05, 0.1) is 0 Å². The van der Waals surface area contributed by atoms with E-state index in [0.717, 1.165) is 44.3 Å². The molecule has 1 aliphatic carbocycles. The molecule has 1 unspecified atom stereocenters. The summed E-state index contributed by atoms with van der Waals surface area (Å²) in [7, 11) is 0. The highest BCUT2D eigenvalue weighted by atomic mass is 16.6. The summed E-state index contributed by atoms with van der Waals surface area (Å²) in [6.07, 6.45) is 9.25. The molecule has 1 saturated heterocycles. The molecule has 1 aromatic rings. The van der Waals surface area contributed by atoms with E-state index in [1.165, 1.54) is 5.57 Å². The Hall–Kier alpha value is -2.30. The van der Waals surface area contributed by atoms with Gasteiger partial charge in [-0.25, -0.2) is 4.98 Å². The van der Waals surface area contributed by atoms with Crippen LogP contribution in [0.1, 0.15) is 6.42 Å². The smallest absolute Gasteiger partial charge is 0.175 e. The standard InChI is InChI=1S/C16H18N4O/c1-2-6-14-13(5-1)16(18-21-14)20-11-9-19(10-12-20)15-7-3-4-8-17-15/h1-5,7-8,14H,6,9-12H2. The number of piperazine rings is 1. The van der Waals surface area contributed by atoms with E-state index in [-0.39, 0.29) is 6.10 Å². The molecule has 3 aliphatic rings. The molecule has 108 valence electrons. The zero-order chi connectivity index (χ0) is 14.1. The van der Waals surface area contributed by atoms with Gasteiger partial charge < -0.3 is 14.6 Å². The second kappa shape index (κ2) is 5.24. The van der Waals surface area contributed by atoms with Crippen LogP contribution < -0.4 is 4.90 Å². The molecule has 1 aromatic heterocycles. The van der Waals surface area contributed by atoms with Crippen molar-refractivity contribution in [3.8, 4) is 0 Å².